The Morgan fingerprint density at radius 1 is 1.12 bits per heavy atom. The molecule has 0 saturated carbocycles. The van der Waals surface area contributed by atoms with Crippen LogP contribution in [0.1, 0.15) is 11.4 Å². The number of carbonyl (C=O) groups is 1. The first-order chi connectivity index (χ1) is 12.7. The van der Waals surface area contributed by atoms with E-state index >= 15 is 0 Å². The molecule has 4 rings (SSSR count). The van der Waals surface area contributed by atoms with Crippen LogP contribution in [0.5, 0.6) is 0 Å². The van der Waals surface area contributed by atoms with Gasteiger partial charge in [-0.1, -0.05) is 30.3 Å². The number of carbonyl (C=O) groups excluding carboxylic acids is 1. The van der Waals surface area contributed by atoms with E-state index in [4.69, 9.17) is 0 Å². The van der Waals surface area contributed by atoms with Crippen molar-refractivity contribution in [3.8, 4) is 0 Å². The fourth-order valence-electron chi connectivity index (χ4n) is 3.12. The highest BCUT2D eigenvalue weighted by atomic mass is 16.2. The van der Waals surface area contributed by atoms with Crippen LogP contribution in [0.15, 0.2) is 42.6 Å². The second kappa shape index (κ2) is 6.99. The minimum atomic E-state index is -0.0184. The standard InChI is InChI=1S/C18H21N7O/c1-14-21-22-17-11-16(13-20-25(14)17)23-7-9-24(10-8-23)18(26)19-12-15-5-3-2-4-6-15/h2-6,11,13H,7-10,12H2,1H3,(H,19,26). The molecule has 1 saturated heterocycles. The summed E-state index contributed by atoms with van der Waals surface area (Å²) in [6, 6.07) is 11.9. The number of rotatable bonds is 3. The van der Waals surface area contributed by atoms with Crippen LogP contribution in [0.3, 0.4) is 0 Å². The molecule has 1 aliphatic heterocycles. The number of aryl methyl sites for hydroxylation is 1. The molecule has 0 unspecified atom stereocenters. The number of anilines is 1. The molecule has 3 heterocycles. The van der Waals surface area contributed by atoms with Crippen molar-refractivity contribution in [2.45, 2.75) is 13.5 Å². The highest BCUT2D eigenvalue weighted by Gasteiger charge is 2.21. The summed E-state index contributed by atoms with van der Waals surface area (Å²) in [5.74, 6) is 0.770. The first kappa shape index (κ1) is 16.3. The molecule has 2 amide bonds. The quantitative estimate of drug-likeness (QED) is 0.773. The average Bonchev–Trinajstić information content (AvgIpc) is 3.07. The van der Waals surface area contributed by atoms with Crippen molar-refractivity contribution in [2.24, 2.45) is 0 Å². The summed E-state index contributed by atoms with van der Waals surface area (Å²) in [5.41, 5.74) is 2.85. The molecule has 3 aromatic rings. The van der Waals surface area contributed by atoms with Gasteiger partial charge in [-0.2, -0.15) is 9.61 Å². The molecule has 26 heavy (non-hydrogen) atoms. The number of urea groups is 1. The number of hydrogen-bond acceptors (Lipinski definition) is 5. The summed E-state index contributed by atoms with van der Waals surface area (Å²) < 4.78 is 1.72. The summed E-state index contributed by atoms with van der Waals surface area (Å²) in [4.78, 5) is 16.4. The Balaban J connectivity index is 1.33. The van der Waals surface area contributed by atoms with E-state index in [9.17, 15) is 4.79 Å². The fourth-order valence-corrected chi connectivity index (χ4v) is 3.12. The van der Waals surface area contributed by atoms with Crippen LogP contribution in [0.25, 0.3) is 5.65 Å². The van der Waals surface area contributed by atoms with Crippen LogP contribution in [-0.2, 0) is 6.54 Å². The third-order valence-electron chi connectivity index (χ3n) is 4.62. The van der Waals surface area contributed by atoms with E-state index in [2.05, 4.69) is 25.5 Å². The van der Waals surface area contributed by atoms with Crippen molar-refractivity contribution in [2.75, 3.05) is 31.1 Å². The molecule has 2 aromatic heterocycles. The van der Waals surface area contributed by atoms with Crippen LogP contribution < -0.4 is 10.2 Å². The normalized spacial score (nSPS) is 14.7. The Kier molecular flexibility index (Phi) is 4.39. The van der Waals surface area contributed by atoms with E-state index < -0.39 is 0 Å². The molecule has 8 heteroatoms. The second-order valence-electron chi connectivity index (χ2n) is 6.35. The van der Waals surface area contributed by atoms with Crippen LogP contribution in [0.2, 0.25) is 0 Å². The van der Waals surface area contributed by atoms with Gasteiger partial charge in [0.1, 0.15) is 0 Å². The van der Waals surface area contributed by atoms with Crippen molar-refractivity contribution >= 4 is 17.4 Å². The van der Waals surface area contributed by atoms with E-state index in [0.29, 0.717) is 19.6 Å². The number of hydrogen-bond donors (Lipinski definition) is 1. The summed E-state index contributed by atoms with van der Waals surface area (Å²) in [7, 11) is 0. The third kappa shape index (κ3) is 3.30. The molecular formula is C18H21N7O. The molecule has 1 aliphatic rings. The number of amides is 2. The summed E-state index contributed by atoms with van der Waals surface area (Å²) in [6.45, 7) is 5.31. The van der Waals surface area contributed by atoms with Crippen molar-refractivity contribution in [1.29, 1.82) is 0 Å². The maximum absolute atomic E-state index is 12.4. The first-order valence-electron chi connectivity index (χ1n) is 8.70. The van der Waals surface area contributed by atoms with Gasteiger partial charge in [0.05, 0.1) is 11.9 Å². The van der Waals surface area contributed by atoms with Gasteiger partial charge in [0.25, 0.3) is 0 Å². The summed E-state index contributed by atoms with van der Waals surface area (Å²) in [5, 5.41) is 15.5. The van der Waals surface area contributed by atoms with E-state index in [0.717, 1.165) is 35.8 Å². The number of benzene rings is 1. The van der Waals surface area contributed by atoms with Gasteiger partial charge in [-0.25, -0.2) is 4.79 Å². The summed E-state index contributed by atoms with van der Waals surface area (Å²) >= 11 is 0. The molecule has 0 atom stereocenters. The van der Waals surface area contributed by atoms with Crippen molar-refractivity contribution in [1.82, 2.24) is 30.0 Å². The van der Waals surface area contributed by atoms with Gasteiger partial charge in [-0.05, 0) is 12.5 Å². The van der Waals surface area contributed by atoms with Crippen LogP contribution in [0, 0.1) is 6.92 Å². The van der Waals surface area contributed by atoms with Gasteiger partial charge in [0, 0.05) is 38.8 Å². The molecule has 1 fully saturated rings. The highest BCUT2D eigenvalue weighted by Crippen LogP contribution is 2.17. The fraction of sp³-hybridized carbons (Fsp3) is 0.333. The molecule has 0 aliphatic carbocycles. The second-order valence-corrected chi connectivity index (χ2v) is 6.35. The topological polar surface area (TPSA) is 78.7 Å². The van der Waals surface area contributed by atoms with Crippen LogP contribution in [0.4, 0.5) is 10.5 Å². The predicted molar refractivity (Wildman–Crippen MR) is 98.0 cm³/mol. The van der Waals surface area contributed by atoms with Crippen molar-refractivity contribution in [3.05, 3.63) is 54.0 Å². The molecular weight excluding hydrogens is 330 g/mol. The molecule has 1 aromatic carbocycles. The Hall–Kier alpha value is -3.16. The third-order valence-corrected chi connectivity index (χ3v) is 4.62. The number of nitrogens with zero attached hydrogens (tertiary/aromatic N) is 6. The highest BCUT2D eigenvalue weighted by molar-refractivity contribution is 5.74. The first-order valence-corrected chi connectivity index (χ1v) is 8.70. The lowest BCUT2D eigenvalue weighted by Crippen LogP contribution is -2.51. The van der Waals surface area contributed by atoms with E-state index in [-0.39, 0.29) is 6.03 Å². The Morgan fingerprint density at radius 2 is 1.88 bits per heavy atom. The molecule has 1 N–H and O–H groups in total. The molecule has 8 nitrogen and oxygen atoms in total. The zero-order chi connectivity index (χ0) is 17.9. The van der Waals surface area contributed by atoms with Crippen LogP contribution >= 0.6 is 0 Å². The number of piperazine rings is 1. The summed E-state index contributed by atoms with van der Waals surface area (Å²) in [6.07, 6.45) is 1.83. The largest absolute Gasteiger partial charge is 0.367 e. The molecule has 0 spiro atoms. The van der Waals surface area contributed by atoms with E-state index in [1.54, 1.807) is 4.52 Å². The van der Waals surface area contributed by atoms with Gasteiger partial charge in [0.2, 0.25) is 0 Å². The lowest BCUT2D eigenvalue weighted by Gasteiger charge is -2.35. The predicted octanol–water partition coefficient (Wildman–Crippen LogP) is 1.46. The average molecular weight is 351 g/mol. The zero-order valence-electron chi connectivity index (χ0n) is 14.7. The number of aromatic nitrogens is 4. The van der Waals surface area contributed by atoms with Crippen molar-refractivity contribution in [3.63, 3.8) is 0 Å². The minimum Gasteiger partial charge on any atom is -0.367 e. The minimum absolute atomic E-state index is 0.0184. The van der Waals surface area contributed by atoms with Gasteiger partial charge in [-0.3, -0.25) is 0 Å². The lowest BCUT2D eigenvalue weighted by atomic mass is 10.2. The SMILES string of the molecule is Cc1nnc2cc(N3CCN(C(=O)NCc4ccccc4)CC3)cnn12. The Bertz CT molecular complexity index is 900. The van der Waals surface area contributed by atoms with Gasteiger partial charge in [0.15, 0.2) is 11.5 Å². The zero-order valence-corrected chi connectivity index (χ0v) is 14.7. The smallest absolute Gasteiger partial charge is 0.317 e. The molecule has 0 bridgehead atoms. The van der Waals surface area contributed by atoms with Gasteiger partial charge >= 0.3 is 6.03 Å². The molecule has 134 valence electrons. The Labute approximate surface area is 151 Å². The van der Waals surface area contributed by atoms with Gasteiger partial charge < -0.3 is 15.1 Å². The Morgan fingerprint density at radius 3 is 2.65 bits per heavy atom. The molecule has 0 radical (unpaired) electrons. The maximum atomic E-state index is 12.4. The number of fused-ring (bicyclic) bond motifs is 1. The van der Waals surface area contributed by atoms with Gasteiger partial charge in [-0.15, -0.1) is 10.2 Å². The van der Waals surface area contributed by atoms with E-state index in [1.165, 1.54) is 0 Å². The van der Waals surface area contributed by atoms with Crippen LogP contribution in [-0.4, -0.2) is 56.9 Å². The van der Waals surface area contributed by atoms with E-state index in [1.807, 2.05) is 54.4 Å². The monoisotopic (exact) mass is 351 g/mol. The number of nitrogens with one attached hydrogen (secondary N) is 1. The lowest BCUT2D eigenvalue weighted by molar-refractivity contribution is 0.194. The van der Waals surface area contributed by atoms with Crippen molar-refractivity contribution < 1.29 is 4.79 Å². The maximum Gasteiger partial charge on any atom is 0.317 e.